The number of aromatic nitrogens is 2. The number of nitrogens with two attached hydrogens (primary N) is 1. The number of hydrogen-bond donors (Lipinski definition) is 1. The summed E-state index contributed by atoms with van der Waals surface area (Å²) in [7, 11) is 2.14. The van der Waals surface area contributed by atoms with Crippen molar-refractivity contribution in [3.8, 4) is 0 Å². The van der Waals surface area contributed by atoms with Crippen molar-refractivity contribution >= 4 is 12.4 Å². The van der Waals surface area contributed by atoms with E-state index in [1.54, 1.807) is 0 Å². The van der Waals surface area contributed by atoms with Crippen molar-refractivity contribution in [2.24, 2.45) is 11.7 Å². The maximum atomic E-state index is 5.45. The van der Waals surface area contributed by atoms with Crippen LogP contribution in [-0.4, -0.2) is 28.1 Å². The summed E-state index contributed by atoms with van der Waals surface area (Å²) in [6.45, 7) is 3.40. The first-order valence-electron chi connectivity index (χ1n) is 6.40. The lowest BCUT2D eigenvalue weighted by Crippen LogP contribution is -2.35. The smallest absolute Gasteiger partial charge is 0.240 e. The van der Waals surface area contributed by atoms with Crippen molar-refractivity contribution in [2.75, 3.05) is 7.05 Å². The number of hydrogen-bond acceptors (Lipinski definition) is 5. The van der Waals surface area contributed by atoms with Gasteiger partial charge in [0.25, 0.3) is 0 Å². The third-order valence-corrected chi connectivity index (χ3v) is 3.61. The molecule has 1 heterocycles. The van der Waals surface area contributed by atoms with Crippen molar-refractivity contribution in [1.82, 2.24) is 15.0 Å². The zero-order chi connectivity index (χ0) is 12.3. The Morgan fingerprint density at radius 2 is 2.22 bits per heavy atom. The highest BCUT2D eigenvalue weighted by Crippen LogP contribution is 2.27. The summed E-state index contributed by atoms with van der Waals surface area (Å²) in [5, 5.41) is 3.93. The fourth-order valence-electron chi connectivity index (χ4n) is 2.59. The lowest BCUT2D eigenvalue weighted by Gasteiger charge is -2.33. The Morgan fingerprint density at radius 3 is 2.83 bits per heavy atom. The second kappa shape index (κ2) is 7.07. The Morgan fingerprint density at radius 1 is 1.44 bits per heavy atom. The van der Waals surface area contributed by atoms with Gasteiger partial charge in [-0.2, -0.15) is 4.98 Å². The van der Waals surface area contributed by atoms with Crippen molar-refractivity contribution in [3.05, 3.63) is 11.7 Å². The molecule has 104 valence electrons. The average Bonchev–Trinajstić information content (AvgIpc) is 2.77. The zero-order valence-corrected chi connectivity index (χ0v) is 11.9. The van der Waals surface area contributed by atoms with Crippen LogP contribution in [0.3, 0.4) is 0 Å². The monoisotopic (exact) mass is 274 g/mol. The standard InChI is InChI=1S/C12H22N4O.ClH/c1-9-4-3-5-10(6-9)16(2)8-11-14-12(7-13)17-15-11;/h9-10H,3-8,13H2,1-2H3;1H. The highest BCUT2D eigenvalue weighted by molar-refractivity contribution is 5.85. The minimum Gasteiger partial charge on any atom is -0.338 e. The summed E-state index contributed by atoms with van der Waals surface area (Å²) in [5.74, 6) is 2.10. The van der Waals surface area contributed by atoms with Crippen molar-refractivity contribution in [2.45, 2.75) is 51.7 Å². The SMILES string of the molecule is CC1CCCC(N(C)Cc2noc(CN)n2)C1.Cl. The molecule has 1 aliphatic carbocycles. The van der Waals surface area contributed by atoms with Gasteiger partial charge in [-0.3, -0.25) is 4.90 Å². The largest absolute Gasteiger partial charge is 0.338 e. The lowest BCUT2D eigenvalue weighted by atomic mass is 9.86. The van der Waals surface area contributed by atoms with Crippen molar-refractivity contribution in [1.29, 1.82) is 0 Å². The predicted octanol–water partition coefficient (Wildman–Crippen LogP) is 1.96. The van der Waals surface area contributed by atoms with Gasteiger partial charge in [-0.05, 0) is 25.8 Å². The number of rotatable bonds is 4. The minimum absolute atomic E-state index is 0. The first-order chi connectivity index (χ1) is 8.19. The fourth-order valence-corrected chi connectivity index (χ4v) is 2.59. The van der Waals surface area contributed by atoms with Crippen LogP contribution in [0.4, 0.5) is 0 Å². The number of nitrogens with zero attached hydrogens (tertiary/aromatic N) is 3. The molecule has 1 saturated carbocycles. The van der Waals surface area contributed by atoms with E-state index in [1.165, 1.54) is 25.7 Å². The maximum absolute atomic E-state index is 5.45. The first kappa shape index (κ1) is 15.4. The van der Waals surface area contributed by atoms with E-state index in [-0.39, 0.29) is 12.4 Å². The maximum Gasteiger partial charge on any atom is 0.240 e. The first-order valence-corrected chi connectivity index (χ1v) is 6.40. The van der Waals surface area contributed by atoms with Gasteiger partial charge in [0.1, 0.15) is 0 Å². The Bertz CT molecular complexity index is 358. The summed E-state index contributed by atoms with van der Waals surface area (Å²) in [6.07, 6.45) is 5.25. The van der Waals surface area contributed by atoms with E-state index in [9.17, 15) is 0 Å². The zero-order valence-electron chi connectivity index (χ0n) is 11.1. The molecule has 1 aromatic rings. The molecule has 0 aromatic carbocycles. The van der Waals surface area contributed by atoms with Gasteiger partial charge in [0, 0.05) is 6.04 Å². The van der Waals surface area contributed by atoms with Crippen LogP contribution in [0.25, 0.3) is 0 Å². The molecule has 2 unspecified atom stereocenters. The Labute approximate surface area is 115 Å². The topological polar surface area (TPSA) is 68.2 Å². The second-order valence-electron chi connectivity index (χ2n) is 5.15. The van der Waals surface area contributed by atoms with Crippen LogP contribution in [-0.2, 0) is 13.1 Å². The van der Waals surface area contributed by atoms with Gasteiger partial charge in [-0.15, -0.1) is 12.4 Å². The summed E-state index contributed by atoms with van der Waals surface area (Å²) in [6, 6.07) is 0.651. The van der Waals surface area contributed by atoms with Crippen LogP contribution >= 0.6 is 12.4 Å². The van der Waals surface area contributed by atoms with Crippen LogP contribution in [0, 0.1) is 5.92 Å². The molecule has 0 amide bonds. The summed E-state index contributed by atoms with van der Waals surface area (Å²) in [4.78, 5) is 6.57. The molecule has 0 bridgehead atoms. The third kappa shape index (κ3) is 3.93. The molecule has 6 heteroatoms. The van der Waals surface area contributed by atoms with E-state index in [4.69, 9.17) is 10.3 Å². The summed E-state index contributed by atoms with van der Waals surface area (Å²) >= 11 is 0. The van der Waals surface area contributed by atoms with E-state index in [1.807, 2.05) is 0 Å². The molecule has 0 spiro atoms. The third-order valence-electron chi connectivity index (χ3n) is 3.61. The van der Waals surface area contributed by atoms with Gasteiger partial charge in [-0.25, -0.2) is 0 Å². The van der Waals surface area contributed by atoms with Gasteiger partial charge < -0.3 is 10.3 Å². The molecule has 1 aromatic heterocycles. The quantitative estimate of drug-likeness (QED) is 0.909. The normalized spacial score (nSPS) is 24.0. The molecular weight excluding hydrogens is 252 g/mol. The van der Waals surface area contributed by atoms with Crippen molar-refractivity contribution < 1.29 is 4.52 Å². The average molecular weight is 275 g/mol. The van der Waals surface area contributed by atoms with Gasteiger partial charge in [0.2, 0.25) is 5.89 Å². The highest BCUT2D eigenvalue weighted by Gasteiger charge is 2.23. The molecule has 18 heavy (non-hydrogen) atoms. The molecular formula is C12H23ClN4O. The van der Waals surface area contributed by atoms with Crippen LogP contribution < -0.4 is 5.73 Å². The fraction of sp³-hybridized carbons (Fsp3) is 0.833. The summed E-state index contributed by atoms with van der Waals surface area (Å²) in [5.41, 5.74) is 5.45. The van der Waals surface area contributed by atoms with Gasteiger partial charge >= 0.3 is 0 Å². The molecule has 0 radical (unpaired) electrons. The highest BCUT2D eigenvalue weighted by atomic mass is 35.5. The Balaban J connectivity index is 0.00000162. The van der Waals surface area contributed by atoms with Crippen LogP contribution in [0.15, 0.2) is 4.52 Å². The molecule has 1 fully saturated rings. The van der Waals surface area contributed by atoms with Crippen LogP contribution in [0.1, 0.15) is 44.3 Å². The van der Waals surface area contributed by atoms with E-state index >= 15 is 0 Å². The summed E-state index contributed by atoms with van der Waals surface area (Å²) < 4.78 is 5.01. The van der Waals surface area contributed by atoms with Crippen molar-refractivity contribution in [3.63, 3.8) is 0 Å². The Hall–Kier alpha value is -0.650. The molecule has 2 rings (SSSR count). The lowest BCUT2D eigenvalue weighted by molar-refractivity contribution is 0.153. The van der Waals surface area contributed by atoms with Gasteiger partial charge in [0.05, 0.1) is 13.1 Å². The molecule has 2 N–H and O–H groups in total. The molecule has 2 atom stereocenters. The van der Waals surface area contributed by atoms with E-state index in [0.717, 1.165) is 18.3 Å². The molecule has 0 aliphatic heterocycles. The van der Waals surface area contributed by atoms with Crippen LogP contribution in [0.5, 0.6) is 0 Å². The van der Waals surface area contributed by atoms with E-state index < -0.39 is 0 Å². The van der Waals surface area contributed by atoms with Gasteiger partial charge in [0.15, 0.2) is 5.82 Å². The molecule has 5 nitrogen and oxygen atoms in total. The Kier molecular flexibility index (Phi) is 6.05. The minimum atomic E-state index is 0. The van der Waals surface area contributed by atoms with Crippen LogP contribution in [0.2, 0.25) is 0 Å². The van der Waals surface area contributed by atoms with E-state index in [2.05, 4.69) is 29.0 Å². The predicted molar refractivity (Wildman–Crippen MR) is 72.3 cm³/mol. The van der Waals surface area contributed by atoms with E-state index in [0.29, 0.717) is 18.5 Å². The molecule has 0 saturated heterocycles. The molecule has 1 aliphatic rings. The van der Waals surface area contributed by atoms with Gasteiger partial charge in [-0.1, -0.05) is 24.9 Å². The second-order valence-corrected chi connectivity index (χ2v) is 5.15. The number of halogens is 1.